The van der Waals surface area contributed by atoms with Gasteiger partial charge in [0.1, 0.15) is 12.4 Å². The Hall–Kier alpha value is -2.55. The molecule has 0 saturated carbocycles. The molecule has 28 heavy (non-hydrogen) atoms. The van der Waals surface area contributed by atoms with Crippen molar-refractivity contribution in [2.24, 2.45) is 12.0 Å². The lowest BCUT2D eigenvalue weighted by Crippen LogP contribution is -2.36. The first-order chi connectivity index (χ1) is 13.2. The number of ether oxygens (including phenoxy) is 1. The van der Waals surface area contributed by atoms with Crippen molar-refractivity contribution in [2.75, 3.05) is 7.05 Å². The summed E-state index contributed by atoms with van der Waals surface area (Å²) in [7, 11) is 3.69. The number of guanidine groups is 1. The quantitative estimate of drug-likeness (QED) is 0.302. The minimum Gasteiger partial charge on any atom is -0.489 e. The number of aliphatic imine (C=N–C) groups is 1. The van der Waals surface area contributed by atoms with Crippen molar-refractivity contribution < 1.29 is 4.74 Å². The van der Waals surface area contributed by atoms with Gasteiger partial charge >= 0.3 is 0 Å². The summed E-state index contributed by atoms with van der Waals surface area (Å²) in [5.41, 5.74) is 3.37. The molecule has 0 amide bonds. The minimum atomic E-state index is 0. The van der Waals surface area contributed by atoms with Crippen LogP contribution >= 0.6 is 24.0 Å². The van der Waals surface area contributed by atoms with E-state index >= 15 is 0 Å². The Morgan fingerprint density at radius 1 is 1.00 bits per heavy atom. The lowest BCUT2D eigenvalue weighted by molar-refractivity contribution is 0.306. The topological polar surface area (TPSA) is 63.5 Å². The van der Waals surface area contributed by atoms with Crippen molar-refractivity contribution in [1.29, 1.82) is 0 Å². The largest absolute Gasteiger partial charge is 0.489 e. The van der Waals surface area contributed by atoms with Crippen LogP contribution in [0.2, 0.25) is 0 Å². The molecule has 0 atom stereocenters. The number of rotatable bonds is 7. The van der Waals surface area contributed by atoms with Gasteiger partial charge in [0, 0.05) is 26.8 Å². The van der Waals surface area contributed by atoms with Gasteiger partial charge < -0.3 is 15.4 Å². The molecule has 0 radical (unpaired) electrons. The van der Waals surface area contributed by atoms with Gasteiger partial charge in [0.15, 0.2) is 5.96 Å². The molecule has 3 aromatic rings. The molecule has 0 saturated heterocycles. The maximum absolute atomic E-state index is 5.89. The second kappa shape index (κ2) is 11.3. The summed E-state index contributed by atoms with van der Waals surface area (Å²) in [5.74, 6) is 1.60. The molecule has 1 heterocycles. The van der Waals surface area contributed by atoms with Gasteiger partial charge in [-0.3, -0.25) is 9.67 Å². The van der Waals surface area contributed by atoms with Gasteiger partial charge in [0.2, 0.25) is 0 Å². The molecular weight excluding hydrogens is 465 g/mol. The van der Waals surface area contributed by atoms with Crippen molar-refractivity contribution >= 4 is 29.9 Å². The van der Waals surface area contributed by atoms with E-state index in [1.165, 1.54) is 0 Å². The number of hydrogen-bond donors (Lipinski definition) is 2. The van der Waals surface area contributed by atoms with Crippen molar-refractivity contribution in [3.8, 4) is 5.75 Å². The molecule has 3 rings (SSSR count). The molecule has 1 aromatic heterocycles. The van der Waals surface area contributed by atoms with E-state index in [0.29, 0.717) is 19.7 Å². The van der Waals surface area contributed by atoms with Crippen molar-refractivity contribution in [3.63, 3.8) is 0 Å². The molecule has 0 bridgehead atoms. The molecule has 2 N–H and O–H groups in total. The number of aryl methyl sites for hydroxylation is 1. The molecule has 0 aliphatic carbocycles. The zero-order valence-corrected chi connectivity index (χ0v) is 18.5. The normalized spacial score (nSPS) is 10.9. The Kier molecular flexibility index (Phi) is 8.80. The standard InChI is InChI=1S/C21H25N5O.HI/c1-22-21(24-15-19-11-12-25-26(19)2)23-14-18-9-6-10-20(13-18)27-16-17-7-4-3-5-8-17;/h3-13H,14-16H2,1-2H3,(H2,22,23,24);1H. The highest BCUT2D eigenvalue weighted by Crippen LogP contribution is 2.15. The maximum atomic E-state index is 5.89. The van der Waals surface area contributed by atoms with E-state index in [1.54, 1.807) is 13.2 Å². The number of aromatic nitrogens is 2. The first-order valence-corrected chi connectivity index (χ1v) is 8.91. The van der Waals surface area contributed by atoms with Gasteiger partial charge in [-0.25, -0.2) is 0 Å². The number of benzene rings is 2. The van der Waals surface area contributed by atoms with Crippen molar-refractivity contribution in [3.05, 3.63) is 83.7 Å². The molecule has 148 valence electrons. The zero-order chi connectivity index (χ0) is 18.9. The molecule has 0 fully saturated rings. The Morgan fingerprint density at radius 3 is 2.46 bits per heavy atom. The number of halogens is 1. The van der Waals surface area contributed by atoms with E-state index in [-0.39, 0.29) is 24.0 Å². The average molecular weight is 491 g/mol. The molecule has 2 aromatic carbocycles. The SMILES string of the molecule is CN=C(NCc1cccc(OCc2ccccc2)c1)NCc1ccnn1C.I. The van der Waals surface area contributed by atoms with Crippen LogP contribution in [0.5, 0.6) is 5.75 Å². The van der Waals surface area contributed by atoms with E-state index in [0.717, 1.165) is 28.5 Å². The predicted molar refractivity (Wildman–Crippen MR) is 123 cm³/mol. The average Bonchev–Trinajstić information content (AvgIpc) is 3.12. The van der Waals surface area contributed by atoms with Crippen LogP contribution in [0.15, 0.2) is 71.9 Å². The number of hydrogen-bond acceptors (Lipinski definition) is 3. The Morgan fingerprint density at radius 2 is 1.75 bits per heavy atom. The molecule has 0 unspecified atom stereocenters. The summed E-state index contributed by atoms with van der Waals surface area (Å²) in [6.07, 6.45) is 1.79. The van der Waals surface area contributed by atoms with Crippen LogP contribution in [-0.2, 0) is 26.7 Å². The van der Waals surface area contributed by atoms with Gasteiger partial charge in [0.05, 0.1) is 12.2 Å². The van der Waals surface area contributed by atoms with Crippen molar-refractivity contribution in [1.82, 2.24) is 20.4 Å². The monoisotopic (exact) mass is 491 g/mol. The minimum absolute atomic E-state index is 0. The molecule has 0 aliphatic rings. The molecule has 0 spiro atoms. The number of nitrogens with zero attached hydrogens (tertiary/aromatic N) is 3. The maximum Gasteiger partial charge on any atom is 0.191 e. The summed E-state index contributed by atoms with van der Waals surface area (Å²) in [6, 6.07) is 20.2. The fraction of sp³-hybridized carbons (Fsp3) is 0.238. The van der Waals surface area contributed by atoms with Gasteiger partial charge in [-0.2, -0.15) is 5.10 Å². The summed E-state index contributed by atoms with van der Waals surface area (Å²) >= 11 is 0. The Labute approximate surface area is 183 Å². The summed E-state index contributed by atoms with van der Waals surface area (Å²) in [6.45, 7) is 1.88. The van der Waals surface area contributed by atoms with Crippen LogP contribution in [-0.4, -0.2) is 22.8 Å². The van der Waals surface area contributed by atoms with E-state index in [2.05, 4.69) is 38.9 Å². The predicted octanol–water partition coefficient (Wildman–Crippen LogP) is 3.48. The first kappa shape index (κ1) is 21.7. The molecule has 0 aliphatic heterocycles. The van der Waals surface area contributed by atoms with E-state index < -0.39 is 0 Å². The van der Waals surface area contributed by atoms with E-state index in [4.69, 9.17) is 4.74 Å². The van der Waals surface area contributed by atoms with E-state index in [9.17, 15) is 0 Å². The van der Waals surface area contributed by atoms with Crippen LogP contribution in [0.4, 0.5) is 0 Å². The van der Waals surface area contributed by atoms with E-state index in [1.807, 2.05) is 54.2 Å². The fourth-order valence-electron chi connectivity index (χ4n) is 2.64. The lowest BCUT2D eigenvalue weighted by Gasteiger charge is -2.13. The smallest absolute Gasteiger partial charge is 0.191 e. The fourth-order valence-corrected chi connectivity index (χ4v) is 2.64. The Balaban J connectivity index is 0.00000280. The third-order valence-corrected chi connectivity index (χ3v) is 4.19. The lowest BCUT2D eigenvalue weighted by atomic mass is 10.2. The van der Waals surface area contributed by atoms with Gasteiger partial charge in [-0.1, -0.05) is 42.5 Å². The molecular formula is C21H26IN5O. The second-order valence-corrected chi connectivity index (χ2v) is 6.15. The van der Waals surface area contributed by atoms with Crippen LogP contribution < -0.4 is 15.4 Å². The highest BCUT2D eigenvalue weighted by Gasteiger charge is 2.03. The third kappa shape index (κ3) is 6.56. The summed E-state index contributed by atoms with van der Waals surface area (Å²) in [4.78, 5) is 4.26. The second-order valence-electron chi connectivity index (χ2n) is 6.15. The van der Waals surface area contributed by atoms with Gasteiger partial charge in [-0.15, -0.1) is 24.0 Å². The summed E-state index contributed by atoms with van der Waals surface area (Å²) < 4.78 is 7.73. The van der Waals surface area contributed by atoms with Crippen molar-refractivity contribution in [2.45, 2.75) is 19.7 Å². The Bertz CT molecular complexity index is 879. The first-order valence-electron chi connectivity index (χ1n) is 8.91. The van der Waals surface area contributed by atoms with Crippen LogP contribution in [0.3, 0.4) is 0 Å². The van der Waals surface area contributed by atoms with Crippen LogP contribution in [0.1, 0.15) is 16.8 Å². The highest BCUT2D eigenvalue weighted by atomic mass is 127. The molecule has 6 nitrogen and oxygen atoms in total. The van der Waals surface area contributed by atoms with Crippen LogP contribution in [0, 0.1) is 0 Å². The molecule has 7 heteroatoms. The van der Waals surface area contributed by atoms with Crippen LogP contribution in [0.25, 0.3) is 0 Å². The summed E-state index contributed by atoms with van der Waals surface area (Å²) in [5, 5.41) is 10.8. The highest BCUT2D eigenvalue weighted by molar-refractivity contribution is 14.0. The van der Waals surface area contributed by atoms with Gasteiger partial charge in [-0.05, 0) is 29.3 Å². The number of nitrogens with one attached hydrogen (secondary N) is 2. The third-order valence-electron chi connectivity index (χ3n) is 4.19. The zero-order valence-electron chi connectivity index (χ0n) is 16.1. The van der Waals surface area contributed by atoms with Gasteiger partial charge in [0.25, 0.3) is 0 Å².